The van der Waals surface area contributed by atoms with E-state index in [4.69, 9.17) is 60.8 Å². The van der Waals surface area contributed by atoms with Crippen LogP contribution in [0.3, 0.4) is 0 Å². The van der Waals surface area contributed by atoms with Gasteiger partial charge in [-0.25, -0.2) is 0 Å². The highest BCUT2D eigenvalue weighted by Gasteiger charge is 2.54. The summed E-state index contributed by atoms with van der Waals surface area (Å²) in [6, 6.07) is -4.77. The third-order valence-electron chi connectivity index (χ3n) is 9.06. The summed E-state index contributed by atoms with van der Waals surface area (Å²) in [5.74, 6) is 0. The third-order valence-corrected chi connectivity index (χ3v) is 9.06. The van der Waals surface area contributed by atoms with E-state index < -0.39 is 149 Å². The van der Waals surface area contributed by atoms with Crippen molar-refractivity contribution >= 4 is 0 Å². The minimum atomic E-state index is -1.59. The van der Waals surface area contributed by atoms with Gasteiger partial charge >= 0.3 is 0 Å². The zero-order chi connectivity index (χ0) is 34.0. The van der Waals surface area contributed by atoms with E-state index in [1.807, 2.05) is 0 Å². The van der Waals surface area contributed by atoms with Crippen LogP contribution in [0.5, 0.6) is 0 Å². The fraction of sp³-hybridized carbons (Fsp3) is 1.00. The monoisotopic (exact) mass is 674 g/mol. The van der Waals surface area contributed by atoms with Crippen molar-refractivity contribution < 1.29 is 78.7 Å². The summed E-state index contributed by atoms with van der Waals surface area (Å²) in [5, 5.41) is 83.1. The number of rotatable bonds is 11. The molecule has 0 amide bonds. The van der Waals surface area contributed by atoms with Crippen LogP contribution in [0.4, 0.5) is 0 Å². The van der Waals surface area contributed by atoms with Crippen molar-refractivity contribution in [1.82, 2.24) is 0 Å². The lowest BCUT2D eigenvalue weighted by Gasteiger charge is -2.49. The molecule has 0 spiro atoms. The molecule has 4 heterocycles. The Bertz CT molecular complexity index is 940. The van der Waals surface area contributed by atoms with Crippen molar-refractivity contribution in [1.29, 1.82) is 0 Å². The molecule has 4 aliphatic heterocycles. The maximum absolute atomic E-state index is 11.1. The number of ether oxygens (including phenoxy) is 8. The van der Waals surface area contributed by atoms with Gasteiger partial charge in [-0.3, -0.25) is 0 Å². The fourth-order valence-corrected chi connectivity index (χ4v) is 6.20. The van der Waals surface area contributed by atoms with Crippen LogP contribution in [0.2, 0.25) is 0 Å². The van der Waals surface area contributed by atoms with Crippen LogP contribution >= 0.6 is 0 Å². The third kappa shape index (κ3) is 7.51. The molecule has 0 bridgehead atoms. The summed E-state index contributed by atoms with van der Waals surface area (Å²) in [6.45, 7) is -0.875. The Labute approximate surface area is 264 Å². The number of hydrogen-bond acceptors (Lipinski definition) is 20. The van der Waals surface area contributed by atoms with E-state index in [9.17, 15) is 40.9 Å². The summed E-state index contributed by atoms with van der Waals surface area (Å²) >= 11 is 0. The van der Waals surface area contributed by atoms with Crippen LogP contribution in [0, 0.1) is 0 Å². The first kappa shape index (κ1) is 38.0. The van der Waals surface area contributed by atoms with Crippen LogP contribution in [-0.4, -0.2) is 197 Å². The van der Waals surface area contributed by atoms with Crippen molar-refractivity contribution in [3.8, 4) is 0 Å². The molecule has 0 aromatic carbocycles. The summed E-state index contributed by atoms with van der Waals surface area (Å²) in [4.78, 5) is 0. The largest absolute Gasteiger partial charge is 0.394 e. The Balaban J connectivity index is 1.43. The molecule has 16 N–H and O–H groups in total. The standard InChI is InChI=1S/C26H50N4O16/c1-7-12(27)16(35)21(9(4-32)40-7)44-25-14(29)18(37)23(11(6-34)42-25)46-26-15(30)19(38)22(10(5-33)43-26)45-24-13(28)17(36)20(39-2)8(3-31)41-24/h7-26,31-38H,3-6,27-30H2,1-2H3/t7-,8?,9?,10?,11?,12?,13-,14?,15?,16+,17?,18+,19+,20+,21+,22+,23+,24-,25-,26-/m0/s1. The van der Waals surface area contributed by atoms with Gasteiger partial charge in [0.1, 0.15) is 73.2 Å². The molecular weight excluding hydrogens is 624 g/mol. The Hall–Kier alpha value is -0.800. The van der Waals surface area contributed by atoms with Crippen LogP contribution in [-0.2, 0) is 37.9 Å². The molecule has 0 saturated carbocycles. The van der Waals surface area contributed by atoms with Gasteiger partial charge in [0.05, 0.1) is 56.7 Å². The first-order valence-electron chi connectivity index (χ1n) is 15.1. The maximum atomic E-state index is 11.1. The average molecular weight is 675 g/mol. The molecule has 0 aromatic rings. The zero-order valence-corrected chi connectivity index (χ0v) is 25.5. The molecule has 0 radical (unpaired) electrons. The average Bonchev–Trinajstić information content (AvgIpc) is 3.05. The minimum Gasteiger partial charge on any atom is -0.394 e. The van der Waals surface area contributed by atoms with Gasteiger partial charge in [-0.05, 0) is 6.92 Å². The van der Waals surface area contributed by atoms with Crippen molar-refractivity contribution in [2.75, 3.05) is 33.5 Å². The van der Waals surface area contributed by atoms with Crippen molar-refractivity contribution in [2.24, 2.45) is 22.9 Å². The van der Waals surface area contributed by atoms with Gasteiger partial charge in [-0.1, -0.05) is 0 Å². The van der Waals surface area contributed by atoms with Crippen LogP contribution in [0.25, 0.3) is 0 Å². The highest BCUT2D eigenvalue weighted by molar-refractivity contribution is 5.00. The van der Waals surface area contributed by atoms with Gasteiger partial charge in [0.15, 0.2) is 18.9 Å². The van der Waals surface area contributed by atoms with E-state index in [0.717, 1.165) is 0 Å². The Kier molecular flexibility index (Phi) is 13.4. The van der Waals surface area contributed by atoms with Gasteiger partial charge in [0.25, 0.3) is 0 Å². The SMILES string of the molecule is CO[C@@H]1C(CO)O[C@@H](O[C@@H]2C(CO)O[C@@H](O[C@@H]3C(CO)O[C@@H](O[C@@H]4C(CO)O[C@@H](C)C(N)[C@H]4O)C(N)[C@H]3O)C(N)[C@H]2O)[C@@H](N)C1O. The lowest BCUT2D eigenvalue weighted by atomic mass is 9.93. The van der Waals surface area contributed by atoms with Gasteiger partial charge in [0.2, 0.25) is 0 Å². The van der Waals surface area contributed by atoms with E-state index in [-0.39, 0.29) is 0 Å². The number of aliphatic hydroxyl groups excluding tert-OH is 8. The van der Waals surface area contributed by atoms with Crippen LogP contribution in [0.1, 0.15) is 6.92 Å². The Morgan fingerprint density at radius 3 is 1.09 bits per heavy atom. The van der Waals surface area contributed by atoms with Gasteiger partial charge in [-0.15, -0.1) is 0 Å². The molecule has 270 valence electrons. The molecular formula is C26H50N4O16. The second kappa shape index (κ2) is 16.3. The second-order valence-electron chi connectivity index (χ2n) is 12.0. The normalized spacial score (nSPS) is 52.0. The van der Waals surface area contributed by atoms with Gasteiger partial charge in [0, 0.05) is 7.11 Å². The molecule has 4 saturated heterocycles. The van der Waals surface area contributed by atoms with Gasteiger partial charge < -0.3 is 102 Å². The highest BCUT2D eigenvalue weighted by Crippen LogP contribution is 2.33. The maximum Gasteiger partial charge on any atom is 0.176 e. The summed E-state index contributed by atoms with van der Waals surface area (Å²) < 4.78 is 45.5. The van der Waals surface area contributed by atoms with E-state index in [0.29, 0.717) is 0 Å². The quantitative estimate of drug-likeness (QED) is 0.0967. The van der Waals surface area contributed by atoms with E-state index >= 15 is 0 Å². The summed E-state index contributed by atoms with van der Waals surface area (Å²) in [7, 11) is 1.31. The van der Waals surface area contributed by atoms with Gasteiger partial charge in [-0.2, -0.15) is 0 Å². The molecule has 20 heteroatoms. The van der Waals surface area contributed by atoms with Crippen LogP contribution in [0.15, 0.2) is 0 Å². The molecule has 4 rings (SSSR count). The Morgan fingerprint density at radius 1 is 0.478 bits per heavy atom. The smallest absolute Gasteiger partial charge is 0.176 e. The molecule has 0 aromatic heterocycles. The lowest BCUT2D eigenvalue weighted by Crippen LogP contribution is -2.70. The number of hydrogen-bond donors (Lipinski definition) is 12. The molecule has 20 atom stereocenters. The number of methoxy groups -OCH3 is 1. The summed E-state index contributed by atoms with van der Waals surface area (Å²) in [5.41, 5.74) is 24.5. The van der Waals surface area contributed by atoms with Crippen LogP contribution < -0.4 is 22.9 Å². The summed E-state index contributed by atoms with van der Waals surface area (Å²) in [6.07, 6.45) is -20.2. The fourth-order valence-electron chi connectivity index (χ4n) is 6.20. The highest BCUT2D eigenvalue weighted by atomic mass is 16.8. The predicted octanol–water partition coefficient (Wildman–Crippen LogP) is -8.16. The van der Waals surface area contributed by atoms with E-state index in [1.54, 1.807) is 6.92 Å². The number of nitrogens with two attached hydrogens (primary N) is 4. The topological polar surface area (TPSA) is 340 Å². The molecule has 20 nitrogen and oxygen atoms in total. The molecule has 46 heavy (non-hydrogen) atoms. The number of aliphatic hydroxyl groups is 8. The zero-order valence-electron chi connectivity index (χ0n) is 25.5. The lowest BCUT2D eigenvalue weighted by molar-refractivity contribution is -0.356. The second-order valence-corrected chi connectivity index (χ2v) is 12.0. The van der Waals surface area contributed by atoms with E-state index in [1.165, 1.54) is 7.11 Å². The minimum absolute atomic E-state index is 0.524. The molecule has 4 fully saturated rings. The van der Waals surface area contributed by atoms with Crippen molar-refractivity contribution in [2.45, 2.75) is 129 Å². The molecule has 0 aliphatic carbocycles. The van der Waals surface area contributed by atoms with Crippen molar-refractivity contribution in [3.63, 3.8) is 0 Å². The molecule has 4 aliphatic rings. The predicted molar refractivity (Wildman–Crippen MR) is 150 cm³/mol. The van der Waals surface area contributed by atoms with E-state index in [2.05, 4.69) is 0 Å². The van der Waals surface area contributed by atoms with Crippen molar-refractivity contribution in [3.05, 3.63) is 0 Å². The Morgan fingerprint density at radius 2 is 0.761 bits per heavy atom. The molecule has 8 unspecified atom stereocenters. The first-order valence-corrected chi connectivity index (χ1v) is 15.1. The first-order chi connectivity index (χ1) is 21.8.